The highest BCUT2D eigenvalue weighted by molar-refractivity contribution is 6.53. The summed E-state index contributed by atoms with van der Waals surface area (Å²) in [4.78, 5) is 12.3. The fourth-order valence-electron chi connectivity index (χ4n) is 3.32. The number of hydrogen-bond donors (Lipinski definition) is 2. The first-order valence-corrected chi connectivity index (χ1v) is 7.55. The van der Waals surface area contributed by atoms with Crippen LogP contribution >= 0.6 is 11.6 Å². The number of fused-ring (bicyclic) bond motifs is 1. The number of halogens is 1. The Hall–Kier alpha value is -1.81. The van der Waals surface area contributed by atoms with Crippen LogP contribution in [0, 0.1) is 0 Å². The van der Waals surface area contributed by atoms with Crippen LogP contribution in [0.4, 0.5) is 0 Å². The lowest BCUT2D eigenvalue weighted by Crippen LogP contribution is -2.35. The fraction of sp³-hybridized carbons (Fsp3) is 0.133. The van der Waals surface area contributed by atoms with Gasteiger partial charge in [-0.2, -0.15) is 0 Å². The van der Waals surface area contributed by atoms with Crippen molar-refractivity contribution in [2.75, 3.05) is 0 Å². The van der Waals surface area contributed by atoms with Crippen molar-refractivity contribution in [1.29, 1.82) is 0 Å². The Morgan fingerprint density at radius 1 is 1.05 bits per heavy atom. The number of phenolic OH excluding ortho intramolecular Hbond substituents is 2. The number of carbonyl (C=O) groups excluding carboxylic acids is 1. The van der Waals surface area contributed by atoms with Crippen LogP contribution in [-0.2, 0) is 0 Å². The summed E-state index contributed by atoms with van der Waals surface area (Å²) in [6.07, 6.45) is 0.313. The molecule has 0 heterocycles. The van der Waals surface area contributed by atoms with Crippen LogP contribution in [0.5, 0.6) is 11.5 Å². The standard InChI is InChI=1S/C15H14B3ClO3/c16-11-10(14(21)13(18)15(22)12(11)17)8-4-9(20)7-3-5(19)1-2-6(7)8/h1-3,8,21-22H,4,16-18H2. The fourth-order valence-corrected chi connectivity index (χ4v) is 3.49. The Balaban J connectivity index is 2.26. The number of phenols is 2. The first-order chi connectivity index (χ1) is 10.3. The number of aromatic hydroxyl groups is 2. The second-order valence-electron chi connectivity index (χ2n) is 5.90. The molecule has 2 aromatic rings. The molecule has 1 unspecified atom stereocenters. The van der Waals surface area contributed by atoms with Crippen LogP contribution in [-0.4, -0.2) is 39.5 Å². The molecule has 0 radical (unpaired) electrons. The van der Waals surface area contributed by atoms with E-state index in [1.165, 1.54) is 0 Å². The molecule has 3 nitrogen and oxygen atoms in total. The van der Waals surface area contributed by atoms with Crippen LogP contribution in [0.15, 0.2) is 18.2 Å². The molecule has 0 fully saturated rings. The van der Waals surface area contributed by atoms with E-state index in [0.717, 1.165) is 22.1 Å². The van der Waals surface area contributed by atoms with Crippen LogP contribution in [0.25, 0.3) is 0 Å². The zero-order valence-electron chi connectivity index (χ0n) is 12.7. The summed E-state index contributed by atoms with van der Waals surface area (Å²) < 4.78 is 0. The molecule has 2 N–H and O–H groups in total. The normalized spacial score (nSPS) is 16.8. The summed E-state index contributed by atoms with van der Waals surface area (Å²) in [5.74, 6) is 0.0167. The Bertz CT molecular complexity index is 791. The number of Topliss-reactive ketones (excluding diaryl/α,β-unsaturated/α-hetero) is 1. The Kier molecular flexibility index (Phi) is 3.52. The third-order valence-electron chi connectivity index (χ3n) is 4.72. The molecule has 1 atom stereocenters. The van der Waals surface area contributed by atoms with Gasteiger partial charge in [0.25, 0.3) is 0 Å². The predicted octanol–water partition coefficient (Wildman–Crippen LogP) is -1.76. The van der Waals surface area contributed by atoms with E-state index >= 15 is 0 Å². The van der Waals surface area contributed by atoms with Gasteiger partial charge in [-0.05, 0) is 28.7 Å². The van der Waals surface area contributed by atoms with Crippen molar-refractivity contribution in [3.63, 3.8) is 0 Å². The molecule has 0 saturated heterocycles. The zero-order valence-corrected chi connectivity index (χ0v) is 13.5. The molecule has 108 valence electrons. The molecule has 0 aromatic heterocycles. The molecule has 0 aliphatic heterocycles. The van der Waals surface area contributed by atoms with Gasteiger partial charge in [0.2, 0.25) is 0 Å². The first-order valence-electron chi connectivity index (χ1n) is 7.17. The highest BCUT2D eigenvalue weighted by Gasteiger charge is 2.34. The quantitative estimate of drug-likeness (QED) is 0.614. The molecule has 22 heavy (non-hydrogen) atoms. The summed E-state index contributed by atoms with van der Waals surface area (Å²) in [5, 5.41) is 21.1. The van der Waals surface area contributed by atoms with Gasteiger partial charge in [0.05, 0.1) is 0 Å². The zero-order chi connectivity index (χ0) is 16.2. The second kappa shape index (κ2) is 5.13. The van der Waals surface area contributed by atoms with E-state index in [2.05, 4.69) is 0 Å². The minimum Gasteiger partial charge on any atom is -0.509 e. The molecular weight excluding hydrogens is 296 g/mol. The molecule has 0 bridgehead atoms. The van der Waals surface area contributed by atoms with Crippen molar-refractivity contribution in [1.82, 2.24) is 0 Å². The van der Waals surface area contributed by atoms with Crippen molar-refractivity contribution >= 4 is 57.3 Å². The van der Waals surface area contributed by atoms with E-state index in [4.69, 9.17) is 11.6 Å². The number of carbonyl (C=O) groups is 1. The van der Waals surface area contributed by atoms with E-state index in [1.807, 2.05) is 21.8 Å². The maximum absolute atomic E-state index is 12.3. The minimum atomic E-state index is -0.197. The average molecular weight is 310 g/mol. The Morgan fingerprint density at radius 3 is 2.41 bits per heavy atom. The summed E-state index contributed by atoms with van der Waals surface area (Å²) in [6.45, 7) is 0. The van der Waals surface area contributed by atoms with E-state index in [0.29, 0.717) is 22.5 Å². The molecule has 1 aliphatic carbocycles. The van der Waals surface area contributed by atoms with E-state index in [-0.39, 0.29) is 23.2 Å². The van der Waals surface area contributed by atoms with Gasteiger partial charge in [-0.1, -0.05) is 28.6 Å². The number of ketones is 1. The van der Waals surface area contributed by atoms with Crippen LogP contribution in [0.1, 0.15) is 33.8 Å². The van der Waals surface area contributed by atoms with E-state index < -0.39 is 0 Å². The highest BCUT2D eigenvalue weighted by Crippen LogP contribution is 2.41. The monoisotopic (exact) mass is 310 g/mol. The predicted molar refractivity (Wildman–Crippen MR) is 96.5 cm³/mol. The minimum absolute atomic E-state index is 0.0321. The molecule has 0 spiro atoms. The van der Waals surface area contributed by atoms with Gasteiger partial charge < -0.3 is 10.2 Å². The van der Waals surface area contributed by atoms with Crippen LogP contribution in [0.3, 0.4) is 0 Å². The average Bonchev–Trinajstić information content (AvgIpc) is 2.80. The van der Waals surface area contributed by atoms with Gasteiger partial charge in [-0.25, -0.2) is 0 Å². The lowest BCUT2D eigenvalue weighted by molar-refractivity contribution is 0.0991. The van der Waals surface area contributed by atoms with Crippen molar-refractivity contribution in [2.24, 2.45) is 0 Å². The van der Waals surface area contributed by atoms with Crippen molar-refractivity contribution in [3.05, 3.63) is 39.9 Å². The molecule has 2 aromatic carbocycles. The summed E-state index contributed by atoms with van der Waals surface area (Å²) in [7, 11) is 5.36. The number of hydrogen-bond acceptors (Lipinski definition) is 3. The third-order valence-corrected chi connectivity index (χ3v) is 4.95. The van der Waals surface area contributed by atoms with Gasteiger partial charge in [0.15, 0.2) is 5.78 Å². The maximum Gasteiger partial charge on any atom is 0.164 e. The summed E-state index contributed by atoms with van der Waals surface area (Å²) >= 11 is 5.98. The smallest absolute Gasteiger partial charge is 0.164 e. The molecule has 3 rings (SSSR count). The van der Waals surface area contributed by atoms with Gasteiger partial charge in [0, 0.05) is 22.9 Å². The lowest BCUT2D eigenvalue weighted by Gasteiger charge is -2.21. The van der Waals surface area contributed by atoms with Gasteiger partial charge in [-0.15, -0.1) is 0 Å². The summed E-state index contributed by atoms with van der Waals surface area (Å²) in [6, 6.07) is 5.30. The largest absolute Gasteiger partial charge is 0.509 e. The second-order valence-corrected chi connectivity index (χ2v) is 6.33. The third kappa shape index (κ3) is 2.05. The van der Waals surface area contributed by atoms with Crippen molar-refractivity contribution in [3.8, 4) is 11.5 Å². The van der Waals surface area contributed by atoms with Gasteiger partial charge >= 0.3 is 0 Å². The first kappa shape index (κ1) is 15.1. The van der Waals surface area contributed by atoms with Crippen molar-refractivity contribution in [2.45, 2.75) is 12.3 Å². The highest BCUT2D eigenvalue weighted by atomic mass is 35.5. The molecule has 0 saturated carbocycles. The summed E-state index contributed by atoms with van der Waals surface area (Å²) in [5.41, 5.74) is 4.24. The molecule has 0 amide bonds. The molecular formula is C15H14B3ClO3. The van der Waals surface area contributed by atoms with Gasteiger partial charge in [0.1, 0.15) is 35.0 Å². The topological polar surface area (TPSA) is 57.5 Å². The molecule has 7 heteroatoms. The molecule has 1 aliphatic rings. The van der Waals surface area contributed by atoms with Crippen LogP contribution < -0.4 is 16.4 Å². The van der Waals surface area contributed by atoms with E-state index in [1.54, 1.807) is 20.0 Å². The Morgan fingerprint density at radius 2 is 1.73 bits per heavy atom. The SMILES string of the molecule is Bc1c(B)c(C2CC(=O)c3cc(Cl)ccc32)c(O)c(B)c1O. The number of benzene rings is 2. The Labute approximate surface area is 136 Å². The van der Waals surface area contributed by atoms with Crippen molar-refractivity contribution < 1.29 is 15.0 Å². The van der Waals surface area contributed by atoms with Gasteiger partial charge in [-0.3, -0.25) is 4.79 Å². The van der Waals surface area contributed by atoms with E-state index in [9.17, 15) is 15.0 Å². The number of rotatable bonds is 1. The lowest BCUT2D eigenvalue weighted by atomic mass is 9.69. The van der Waals surface area contributed by atoms with Crippen LogP contribution in [0.2, 0.25) is 5.02 Å². The maximum atomic E-state index is 12.3.